The molecule has 2 N–H and O–H groups in total. The summed E-state index contributed by atoms with van der Waals surface area (Å²) in [5.74, 6) is 2.76. The molecule has 0 aromatic carbocycles. The van der Waals surface area contributed by atoms with Gasteiger partial charge in [0.1, 0.15) is 12.2 Å². The van der Waals surface area contributed by atoms with E-state index in [1.54, 1.807) is 13.4 Å². The summed E-state index contributed by atoms with van der Waals surface area (Å²) >= 11 is 0. The second kappa shape index (κ2) is 6.37. The van der Waals surface area contributed by atoms with E-state index in [1.165, 1.54) is 12.8 Å². The molecule has 100 valence electrons. The Bertz CT molecular complexity index is 393. The van der Waals surface area contributed by atoms with Crippen molar-refractivity contribution in [2.75, 3.05) is 20.1 Å². The summed E-state index contributed by atoms with van der Waals surface area (Å²) in [4.78, 5) is 4.20. The molecule has 18 heavy (non-hydrogen) atoms. The van der Waals surface area contributed by atoms with Crippen LogP contribution in [0.5, 0.6) is 0 Å². The van der Waals surface area contributed by atoms with Gasteiger partial charge in [-0.3, -0.25) is 4.99 Å². The SMILES string of the molecule is CCc1nncn1CCNC(=NC)NCC1CC1. The Morgan fingerprint density at radius 2 is 2.33 bits per heavy atom. The predicted molar refractivity (Wildman–Crippen MR) is 71.5 cm³/mol. The van der Waals surface area contributed by atoms with Crippen molar-refractivity contribution in [3.63, 3.8) is 0 Å². The van der Waals surface area contributed by atoms with Crippen LogP contribution >= 0.6 is 0 Å². The van der Waals surface area contributed by atoms with Gasteiger partial charge in [0.2, 0.25) is 0 Å². The van der Waals surface area contributed by atoms with Crippen molar-refractivity contribution < 1.29 is 0 Å². The van der Waals surface area contributed by atoms with Crippen molar-refractivity contribution in [3.8, 4) is 0 Å². The van der Waals surface area contributed by atoms with Gasteiger partial charge in [0.05, 0.1) is 0 Å². The normalized spacial score (nSPS) is 15.8. The van der Waals surface area contributed by atoms with Crippen LogP contribution in [0.1, 0.15) is 25.6 Å². The lowest BCUT2D eigenvalue weighted by Crippen LogP contribution is -2.39. The van der Waals surface area contributed by atoms with E-state index in [0.717, 1.165) is 43.8 Å². The number of aromatic nitrogens is 3. The molecule has 1 aliphatic carbocycles. The summed E-state index contributed by atoms with van der Waals surface area (Å²) in [6.07, 6.45) is 5.39. The summed E-state index contributed by atoms with van der Waals surface area (Å²) in [5, 5.41) is 14.6. The molecule has 0 radical (unpaired) electrons. The highest BCUT2D eigenvalue weighted by Gasteiger charge is 2.20. The Balaban J connectivity index is 1.69. The van der Waals surface area contributed by atoms with E-state index < -0.39 is 0 Å². The van der Waals surface area contributed by atoms with Gasteiger partial charge in [-0.25, -0.2) is 0 Å². The molecule has 6 heteroatoms. The van der Waals surface area contributed by atoms with E-state index in [2.05, 4.69) is 37.3 Å². The Labute approximate surface area is 108 Å². The molecule has 0 spiro atoms. The summed E-state index contributed by atoms with van der Waals surface area (Å²) in [7, 11) is 1.80. The highest BCUT2D eigenvalue weighted by Crippen LogP contribution is 2.27. The lowest BCUT2D eigenvalue weighted by Gasteiger charge is -2.12. The first-order valence-corrected chi connectivity index (χ1v) is 6.64. The lowest BCUT2D eigenvalue weighted by molar-refractivity contribution is 0.629. The molecule has 0 unspecified atom stereocenters. The van der Waals surface area contributed by atoms with E-state index in [-0.39, 0.29) is 0 Å². The van der Waals surface area contributed by atoms with E-state index in [4.69, 9.17) is 0 Å². The second-order valence-electron chi connectivity index (χ2n) is 4.62. The predicted octanol–water partition coefficient (Wildman–Crippen LogP) is 0.416. The molecule has 0 bridgehead atoms. The Morgan fingerprint density at radius 1 is 1.50 bits per heavy atom. The average Bonchev–Trinajstić information content (AvgIpc) is 3.11. The smallest absolute Gasteiger partial charge is 0.191 e. The van der Waals surface area contributed by atoms with Gasteiger partial charge >= 0.3 is 0 Å². The van der Waals surface area contributed by atoms with E-state index in [9.17, 15) is 0 Å². The number of aliphatic imine (C=N–C) groups is 1. The third-order valence-corrected chi connectivity index (χ3v) is 3.14. The van der Waals surface area contributed by atoms with Crippen LogP contribution in [0.3, 0.4) is 0 Å². The molecule has 0 aliphatic heterocycles. The number of guanidine groups is 1. The third-order valence-electron chi connectivity index (χ3n) is 3.14. The van der Waals surface area contributed by atoms with Crippen molar-refractivity contribution in [1.82, 2.24) is 25.4 Å². The minimum Gasteiger partial charge on any atom is -0.356 e. The number of hydrogen-bond acceptors (Lipinski definition) is 3. The quantitative estimate of drug-likeness (QED) is 0.567. The number of aryl methyl sites for hydroxylation is 1. The topological polar surface area (TPSA) is 67.1 Å². The molecule has 6 nitrogen and oxygen atoms in total. The minimum atomic E-state index is 0.829. The van der Waals surface area contributed by atoms with Crippen LogP contribution in [0.15, 0.2) is 11.3 Å². The number of nitrogens with one attached hydrogen (secondary N) is 2. The molecule has 2 rings (SSSR count). The maximum absolute atomic E-state index is 4.20. The van der Waals surface area contributed by atoms with Crippen LogP contribution in [0, 0.1) is 5.92 Å². The van der Waals surface area contributed by atoms with Gasteiger partial charge in [-0.1, -0.05) is 6.92 Å². The summed E-state index contributed by atoms with van der Waals surface area (Å²) in [5.41, 5.74) is 0. The zero-order valence-corrected chi connectivity index (χ0v) is 11.2. The van der Waals surface area contributed by atoms with E-state index in [0.29, 0.717) is 0 Å². The molecule has 1 heterocycles. The zero-order chi connectivity index (χ0) is 12.8. The van der Waals surface area contributed by atoms with Gasteiger partial charge in [-0.05, 0) is 18.8 Å². The van der Waals surface area contributed by atoms with Crippen LogP contribution in [-0.4, -0.2) is 40.9 Å². The van der Waals surface area contributed by atoms with Crippen molar-refractivity contribution >= 4 is 5.96 Å². The van der Waals surface area contributed by atoms with Crippen molar-refractivity contribution in [3.05, 3.63) is 12.2 Å². The molecule has 0 atom stereocenters. The first-order valence-electron chi connectivity index (χ1n) is 6.64. The van der Waals surface area contributed by atoms with Gasteiger partial charge in [0.25, 0.3) is 0 Å². The third kappa shape index (κ3) is 3.72. The molecule has 0 saturated heterocycles. The monoisotopic (exact) mass is 250 g/mol. The first-order chi connectivity index (χ1) is 8.83. The number of nitrogens with zero attached hydrogens (tertiary/aromatic N) is 4. The van der Waals surface area contributed by atoms with Gasteiger partial charge in [0, 0.05) is 33.1 Å². The number of rotatable bonds is 6. The molecule has 1 aromatic heterocycles. The maximum atomic E-state index is 4.20. The Kier molecular flexibility index (Phi) is 4.55. The first kappa shape index (κ1) is 12.9. The van der Waals surface area contributed by atoms with Crippen LogP contribution in [0.25, 0.3) is 0 Å². The van der Waals surface area contributed by atoms with Crippen LogP contribution in [0.2, 0.25) is 0 Å². The van der Waals surface area contributed by atoms with Crippen molar-refractivity contribution in [1.29, 1.82) is 0 Å². The molecule has 1 fully saturated rings. The minimum absolute atomic E-state index is 0.829. The fourth-order valence-corrected chi connectivity index (χ4v) is 1.82. The summed E-state index contributed by atoms with van der Waals surface area (Å²) in [6.45, 7) is 4.81. The van der Waals surface area contributed by atoms with Gasteiger partial charge in [-0.2, -0.15) is 0 Å². The fraction of sp³-hybridized carbons (Fsp3) is 0.750. The van der Waals surface area contributed by atoms with Crippen LogP contribution < -0.4 is 10.6 Å². The largest absolute Gasteiger partial charge is 0.356 e. The Morgan fingerprint density at radius 3 is 3.00 bits per heavy atom. The summed E-state index contributed by atoms with van der Waals surface area (Å²) in [6, 6.07) is 0. The lowest BCUT2D eigenvalue weighted by atomic mass is 10.4. The van der Waals surface area contributed by atoms with Gasteiger partial charge < -0.3 is 15.2 Å². The fourth-order valence-electron chi connectivity index (χ4n) is 1.82. The van der Waals surface area contributed by atoms with Crippen molar-refractivity contribution in [2.24, 2.45) is 10.9 Å². The highest BCUT2D eigenvalue weighted by molar-refractivity contribution is 5.79. The zero-order valence-electron chi connectivity index (χ0n) is 11.2. The number of hydrogen-bond donors (Lipinski definition) is 2. The molecular weight excluding hydrogens is 228 g/mol. The molecule has 0 amide bonds. The maximum Gasteiger partial charge on any atom is 0.191 e. The molecule has 1 aliphatic rings. The van der Waals surface area contributed by atoms with Gasteiger partial charge in [0.15, 0.2) is 5.96 Å². The van der Waals surface area contributed by atoms with E-state index >= 15 is 0 Å². The average molecular weight is 250 g/mol. The molecule has 1 aromatic rings. The molecule has 1 saturated carbocycles. The van der Waals surface area contributed by atoms with E-state index in [1.807, 2.05) is 0 Å². The van der Waals surface area contributed by atoms with Gasteiger partial charge in [-0.15, -0.1) is 10.2 Å². The second-order valence-corrected chi connectivity index (χ2v) is 4.62. The Hall–Kier alpha value is -1.59. The standard InChI is InChI=1S/C12H22N6/c1-3-11-17-16-9-18(11)7-6-14-12(13-2)15-8-10-4-5-10/h9-10H,3-8H2,1-2H3,(H2,13,14,15). The van der Waals surface area contributed by atoms with Crippen molar-refractivity contribution in [2.45, 2.75) is 32.7 Å². The highest BCUT2D eigenvalue weighted by atomic mass is 15.3. The van der Waals surface area contributed by atoms with Crippen LogP contribution in [0.4, 0.5) is 0 Å². The molecular formula is C12H22N6. The van der Waals surface area contributed by atoms with Crippen LogP contribution in [-0.2, 0) is 13.0 Å². The summed E-state index contributed by atoms with van der Waals surface area (Å²) < 4.78 is 2.07.